The highest BCUT2D eigenvalue weighted by Crippen LogP contribution is 2.32. The molecule has 0 spiro atoms. The number of hydrogen-bond donors (Lipinski definition) is 3. The van der Waals surface area contributed by atoms with Gasteiger partial charge in [-0.05, 0) is 5.92 Å². The quantitative estimate of drug-likeness (QED) is 0.532. The van der Waals surface area contributed by atoms with Gasteiger partial charge in [0, 0.05) is 13.5 Å². The third-order valence-corrected chi connectivity index (χ3v) is 5.59. The molecule has 1 fully saturated rings. The highest BCUT2D eigenvalue weighted by molar-refractivity contribution is 7.16. The molecule has 3 rings (SSSR count). The fraction of sp³-hybridized carbons (Fsp3) is 0.625. The standard InChI is InChI=1S/C16H23N5O6S/c1-6(2)10(17)14(23)26-5-8-7(25-3)4-9(27-8)21-12-11(28-16(21)24)13(22)20-15(18)19-12/h6-10H,4-5,17H2,1-3H3,(H3,18,19,20,22)/t7-,8+,9+,10-/m0/s1. The highest BCUT2D eigenvalue weighted by atomic mass is 32.1. The number of nitrogens with two attached hydrogens (primary N) is 2. The summed E-state index contributed by atoms with van der Waals surface area (Å²) in [7, 11) is 1.50. The fourth-order valence-electron chi connectivity index (χ4n) is 2.99. The molecule has 0 aromatic carbocycles. The predicted octanol–water partition coefficient (Wildman–Crippen LogP) is -0.442. The van der Waals surface area contributed by atoms with Crippen molar-refractivity contribution in [3.63, 3.8) is 0 Å². The summed E-state index contributed by atoms with van der Waals surface area (Å²) < 4.78 is 18.0. The van der Waals surface area contributed by atoms with Gasteiger partial charge in [-0.2, -0.15) is 4.98 Å². The number of nitrogens with zero attached hydrogens (tertiary/aromatic N) is 2. The molecular weight excluding hydrogens is 390 g/mol. The molecular formula is C16H23N5O6S. The molecule has 1 saturated heterocycles. The van der Waals surface area contributed by atoms with Crippen LogP contribution in [-0.2, 0) is 19.0 Å². The maximum atomic E-state index is 12.4. The Hall–Kier alpha value is -2.28. The largest absolute Gasteiger partial charge is 0.462 e. The summed E-state index contributed by atoms with van der Waals surface area (Å²) in [5.41, 5.74) is 11.0. The van der Waals surface area contributed by atoms with Gasteiger partial charge < -0.3 is 25.7 Å². The lowest BCUT2D eigenvalue weighted by atomic mass is 10.1. The average molecular weight is 413 g/mol. The first kappa shape index (κ1) is 20.5. The molecule has 1 aliphatic heterocycles. The first-order valence-electron chi connectivity index (χ1n) is 8.74. The van der Waals surface area contributed by atoms with E-state index in [1.165, 1.54) is 11.7 Å². The van der Waals surface area contributed by atoms with Gasteiger partial charge in [-0.3, -0.25) is 23.9 Å². The van der Waals surface area contributed by atoms with E-state index in [4.69, 9.17) is 25.7 Å². The van der Waals surface area contributed by atoms with Crippen molar-refractivity contribution in [1.82, 2.24) is 14.5 Å². The molecule has 154 valence electrons. The predicted molar refractivity (Wildman–Crippen MR) is 102 cm³/mol. The number of anilines is 1. The molecule has 12 heteroatoms. The van der Waals surface area contributed by atoms with Crippen LogP contribution in [0.25, 0.3) is 10.3 Å². The number of fused-ring (bicyclic) bond motifs is 1. The third-order valence-electron chi connectivity index (χ3n) is 4.64. The lowest BCUT2D eigenvalue weighted by Crippen LogP contribution is -2.39. The molecule has 11 nitrogen and oxygen atoms in total. The molecule has 1 aliphatic rings. The summed E-state index contributed by atoms with van der Waals surface area (Å²) in [5.74, 6) is -0.692. The molecule has 2 aromatic rings. The number of thiazole rings is 1. The van der Waals surface area contributed by atoms with Gasteiger partial charge in [-0.25, -0.2) is 0 Å². The van der Waals surface area contributed by atoms with Crippen LogP contribution in [0.4, 0.5) is 5.95 Å². The summed E-state index contributed by atoms with van der Waals surface area (Å²) in [6.07, 6.45) is -1.44. The molecule has 0 saturated carbocycles. The highest BCUT2D eigenvalue weighted by Gasteiger charge is 2.39. The first-order chi connectivity index (χ1) is 13.2. The van der Waals surface area contributed by atoms with E-state index in [2.05, 4.69) is 9.97 Å². The number of carbonyl (C=O) groups is 1. The second-order valence-electron chi connectivity index (χ2n) is 6.88. The molecule has 28 heavy (non-hydrogen) atoms. The number of ether oxygens (including phenoxy) is 3. The molecule has 5 N–H and O–H groups in total. The normalized spacial score (nSPS) is 23.4. The SMILES string of the molecule is CO[C@H]1C[C@H](n2c(=O)sc3c(=O)[nH]c(N)nc32)O[C@@H]1COC(=O)[C@@H](N)C(C)C. The Labute approximate surface area is 163 Å². The Morgan fingerprint density at radius 1 is 1.46 bits per heavy atom. The number of carbonyl (C=O) groups excluding carboxylic acids is 1. The lowest BCUT2D eigenvalue weighted by Gasteiger charge is -2.19. The Morgan fingerprint density at radius 2 is 2.18 bits per heavy atom. The second-order valence-corrected chi connectivity index (χ2v) is 7.84. The summed E-state index contributed by atoms with van der Waals surface area (Å²) in [6, 6.07) is -0.736. The summed E-state index contributed by atoms with van der Waals surface area (Å²) in [5, 5.41) is 0. The van der Waals surface area contributed by atoms with Crippen LogP contribution in [0.3, 0.4) is 0 Å². The second kappa shape index (κ2) is 7.99. The van der Waals surface area contributed by atoms with Crippen LogP contribution >= 0.6 is 11.3 Å². The number of nitrogens with one attached hydrogen (secondary N) is 1. The van der Waals surface area contributed by atoms with E-state index in [9.17, 15) is 14.4 Å². The van der Waals surface area contributed by atoms with Gasteiger partial charge in [-0.15, -0.1) is 0 Å². The number of H-pyrrole nitrogens is 1. The van der Waals surface area contributed by atoms with Crippen LogP contribution in [0.5, 0.6) is 0 Å². The van der Waals surface area contributed by atoms with Gasteiger partial charge in [0.1, 0.15) is 29.7 Å². The van der Waals surface area contributed by atoms with Crippen LogP contribution in [0.1, 0.15) is 26.5 Å². The maximum absolute atomic E-state index is 12.4. The Kier molecular flexibility index (Phi) is 5.84. The third kappa shape index (κ3) is 3.81. The Bertz CT molecular complexity index is 982. The summed E-state index contributed by atoms with van der Waals surface area (Å²) >= 11 is 0.759. The number of aromatic amines is 1. The fourth-order valence-corrected chi connectivity index (χ4v) is 3.84. The number of methoxy groups -OCH3 is 1. The Balaban J connectivity index is 1.82. The van der Waals surface area contributed by atoms with Gasteiger partial charge in [0.05, 0.1) is 6.10 Å². The van der Waals surface area contributed by atoms with Gasteiger partial charge in [0.15, 0.2) is 5.65 Å². The van der Waals surface area contributed by atoms with Gasteiger partial charge in [0.2, 0.25) is 5.95 Å². The van der Waals surface area contributed by atoms with Crippen molar-refractivity contribution in [3.05, 3.63) is 20.0 Å². The van der Waals surface area contributed by atoms with Crippen molar-refractivity contribution in [2.45, 2.75) is 44.7 Å². The first-order valence-corrected chi connectivity index (χ1v) is 9.55. The van der Waals surface area contributed by atoms with Crippen molar-refractivity contribution in [2.24, 2.45) is 11.7 Å². The zero-order chi connectivity index (χ0) is 20.6. The maximum Gasteiger partial charge on any atom is 0.323 e. The smallest absolute Gasteiger partial charge is 0.323 e. The minimum absolute atomic E-state index is 0.0617. The van der Waals surface area contributed by atoms with E-state index in [0.29, 0.717) is 6.42 Å². The van der Waals surface area contributed by atoms with Gasteiger partial charge in [0.25, 0.3) is 5.56 Å². The molecule has 0 amide bonds. The van der Waals surface area contributed by atoms with E-state index in [0.717, 1.165) is 11.3 Å². The van der Waals surface area contributed by atoms with Crippen molar-refractivity contribution >= 4 is 33.6 Å². The minimum Gasteiger partial charge on any atom is -0.462 e. The summed E-state index contributed by atoms with van der Waals surface area (Å²) in [6.45, 7) is 3.57. The van der Waals surface area contributed by atoms with Gasteiger partial charge in [-0.1, -0.05) is 25.2 Å². The zero-order valence-corrected chi connectivity index (χ0v) is 16.5. The number of nitrogen functional groups attached to an aromatic ring is 1. The number of esters is 1. The molecule has 0 bridgehead atoms. The van der Waals surface area contributed by atoms with Crippen LogP contribution in [-0.4, -0.2) is 52.5 Å². The van der Waals surface area contributed by atoms with Crippen molar-refractivity contribution < 1.29 is 19.0 Å². The summed E-state index contributed by atoms with van der Waals surface area (Å²) in [4.78, 5) is 42.5. The van der Waals surface area contributed by atoms with Crippen molar-refractivity contribution in [1.29, 1.82) is 0 Å². The van der Waals surface area contributed by atoms with Crippen LogP contribution < -0.4 is 21.9 Å². The molecule has 4 atom stereocenters. The molecule has 0 radical (unpaired) electrons. The zero-order valence-electron chi connectivity index (χ0n) is 15.7. The topological polar surface area (TPSA) is 165 Å². The monoisotopic (exact) mass is 413 g/mol. The molecule has 0 aliphatic carbocycles. The van der Waals surface area contributed by atoms with E-state index in [1.807, 2.05) is 13.8 Å². The van der Waals surface area contributed by atoms with E-state index >= 15 is 0 Å². The lowest BCUT2D eigenvalue weighted by molar-refractivity contribution is -0.153. The Morgan fingerprint density at radius 3 is 2.82 bits per heavy atom. The van der Waals surface area contributed by atoms with Crippen LogP contribution in [0, 0.1) is 5.92 Å². The van der Waals surface area contributed by atoms with Crippen LogP contribution in [0.2, 0.25) is 0 Å². The van der Waals surface area contributed by atoms with E-state index in [-0.39, 0.29) is 28.8 Å². The average Bonchev–Trinajstić information content (AvgIpc) is 3.18. The van der Waals surface area contributed by atoms with Crippen molar-refractivity contribution in [3.8, 4) is 0 Å². The molecule has 0 unspecified atom stereocenters. The minimum atomic E-state index is -0.736. The number of aromatic nitrogens is 3. The van der Waals surface area contributed by atoms with Crippen LogP contribution in [0.15, 0.2) is 9.59 Å². The number of hydrogen-bond acceptors (Lipinski definition) is 10. The van der Waals surface area contributed by atoms with E-state index in [1.54, 1.807) is 0 Å². The van der Waals surface area contributed by atoms with Gasteiger partial charge >= 0.3 is 10.8 Å². The van der Waals surface area contributed by atoms with E-state index < -0.39 is 40.9 Å². The number of rotatable bonds is 6. The molecule has 3 heterocycles. The molecule has 2 aromatic heterocycles. The van der Waals surface area contributed by atoms with Crippen molar-refractivity contribution in [2.75, 3.05) is 19.5 Å².